The van der Waals surface area contributed by atoms with Gasteiger partial charge in [0.05, 0.1) is 0 Å². The fourth-order valence-electron chi connectivity index (χ4n) is 1.33. The number of hydrogen-bond donors (Lipinski definition) is 0. The van der Waals surface area contributed by atoms with E-state index in [1.165, 1.54) is 0 Å². The van der Waals surface area contributed by atoms with Gasteiger partial charge < -0.3 is 4.90 Å². The maximum absolute atomic E-state index is 10.2. The van der Waals surface area contributed by atoms with Crippen LogP contribution in [0.3, 0.4) is 0 Å². The molecule has 0 bridgehead atoms. The molecule has 0 unspecified atom stereocenters. The van der Waals surface area contributed by atoms with Gasteiger partial charge in [0.25, 0.3) is 0 Å². The van der Waals surface area contributed by atoms with Gasteiger partial charge in [-0.05, 0) is 13.8 Å². The normalized spacial score (nSPS) is 20.8. The first kappa shape index (κ1) is 8.53. The Bertz CT molecular complexity index is 128. The lowest BCUT2D eigenvalue weighted by Gasteiger charge is -2.34. The highest BCUT2D eigenvalue weighted by Gasteiger charge is 2.17. The Morgan fingerprint density at radius 3 is 2.09 bits per heavy atom. The standard InChI is InChI=1S/C8H15N2O/c1-8(2)10-5-3-9(7-11)4-6-10/h8H,3-6H2,1-2H3. The summed E-state index contributed by atoms with van der Waals surface area (Å²) in [5.41, 5.74) is 0. The van der Waals surface area contributed by atoms with Gasteiger partial charge in [0.2, 0.25) is 0 Å². The van der Waals surface area contributed by atoms with Crippen LogP contribution in [0.1, 0.15) is 13.8 Å². The molecule has 0 saturated carbocycles. The molecule has 63 valence electrons. The van der Waals surface area contributed by atoms with Crippen molar-refractivity contribution in [3.63, 3.8) is 0 Å². The quantitative estimate of drug-likeness (QED) is 0.564. The molecule has 3 heteroatoms. The molecular formula is C8H15N2O. The Balaban J connectivity index is 2.29. The van der Waals surface area contributed by atoms with Crippen molar-refractivity contribution < 1.29 is 4.79 Å². The van der Waals surface area contributed by atoms with Crippen LogP contribution in [0, 0.1) is 0 Å². The van der Waals surface area contributed by atoms with Crippen LogP contribution in [-0.2, 0) is 4.79 Å². The molecule has 1 rings (SSSR count). The molecule has 3 nitrogen and oxygen atoms in total. The van der Waals surface area contributed by atoms with E-state index in [4.69, 9.17) is 0 Å². The highest BCUT2D eigenvalue weighted by molar-refractivity contribution is 5.48. The minimum Gasteiger partial charge on any atom is -0.332 e. The Kier molecular flexibility index (Phi) is 2.88. The van der Waals surface area contributed by atoms with Crippen molar-refractivity contribution >= 4 is 6.41 Å². The summed E-state index contributed by atoms with van der Waals surface area (Å²) >= 11 is 0. The molecule has 1 fully saturated rings. The number of nitrogens with zero attached hydrogens (tertiary/aromatic N) is 2. The summed E-state index contributed by atoms with van der Waals surface area (Å²) in [6, 6.07) is 0.601. The first-order valence-corrected chi connectivity index (χ1v) is 4.11. The number of carbonyl (C=O) groups excluding carboxylic acids is 1. The van der Waals surface area contributed by atoms with Crippen molar-refractivity contribution in [1.82, 2.24) is 9.80 Å². The van der Waals surface area contributed by atoms with Gasteiger partial charge in [-0.2, -0.15) is 0 Å². The molecule has 1 aliphatic heterocycles. The van der Waals surface area contributed by atoms with Crippen LogP contribution < -0.4 is 0 Å². The fraction of sp³-hybridized carbons (Fsp3) is 0.875. The van der Waals surface area contributed by atoms with E-state index in [2.05, 4.69) is 18.7 Å². The van der Waals surface area contributed by atoms with E-state index >= 15 is 0 Å². The molecule has 1 aliphatic rings. The van der Waals surface area contributed by atoms with E-state index in [0.717, 1.165) is 26.2 Å². The third-order valence-corrected chi connectivity index (χ3v) is 2.17. The lowest BCUT2D eigenvalue weighted by Crippen LogP contribution is -2.48. The molecule has 1 saturated heterocycles. The largest absolute Gasteiger partial charge is 0.332 e. The first-order chi connectivity index (χ1) is 5.24. The van der Waals surface area contributed by atoms with E-state index < -0.39 is 0 Å². The van der Waals surface area contributed by atoms with Crippen molar-refractivity contribution in [2.24, 2.45) is 0 Å². The molecular weight excluding hydrogens is 140 g/mol. The van der Waals surface area contributed by atoms with Crippen LogP contribution in [0.15, 0.2) is 0 Å². The van der Waals surface area contributed by atoms with Crippen LogP contribution in [-0.4, -0.2) is 48.4 Å². The van der Waals surface area contributed by atoms with Gasteiger partial charge in [0, 0.05) is 32.2 Å². The average molecular weight is 155 g/mol. The SMILES string of the molecule is CC(C)N1CCN([C]=O)CC1. The van der Waals surface area contributed by atoms with Crippen molar-refractivity contribution in [1.29, 1.82) is 0 Å². The van der Waals surface area contributed by atoms with Crippen LogP contribution in [0.25, 0.3) is 0 Å². The molecule has 0 aromatic carbocycles. The summed E-state index contributed by atoms with van der Waals surface area (Å²) in [6.45, 7) is 8.02. The Labute approximate surface area is 68.0 Å². The summed E-state index contributed by atoms with van der Waals surface area (Å²) in [7, 11) is 0. The number of rotatable bonds is 2. The summed E-state index contributed by atoms with van der Waals surface area (Å²) in [6.07, 6.45) is 1.92. The van der Waals surface area contributed by atoms with Gasteiger partial charge >= 0.3 is 6.41 Å². The van der Waals surface area contributed by atoms with E-state index in [9.17, 15) is 4.79 Å². The van der Waals surface area contributed by atoms with Gasteiger partial charge in [-0.25, -0.2) is 0 Å². The molecule has 0 atom stereocenters. The summed E-state index contributed by atoms with van der Waals surface area (Å²) in [4.78, 5) is 14.3. The van der Waals surface area contributed by atoms with Crippen LogP contribution in [0.4, 0.5) is 0 Å². The zero-order valence-corrected chi connectivity index (χ0v) is 7.21. The third-order valence-electron chi connectivity index (χ3n) is 2.17. The maximum atomic E-state index is 10.2. The molecule has 1 radical (unpaired) electrons. The van der Waals surface area contributed by atoms with E-state index in [1.54, 1.807) is 4.90 Å². The Hall–Kier alpha value is -0.570. The van der Waals surface area contributed by atoms with E-state index in [-0.39, 0.29) is 0 Å². The van der Waals surface area contributed by atoms with Crippen molar-refractivity contribution in [3.8, 4) is 0 Å². The third kappa shape index (κ3) is 2.19. The second kappa shape index (κ2) is 3.72. The molecule has 0 N–H and O–H groups in total. The van der Waals surface area contributed by atoms with Crippen LogP contribution in [0.2, 0.25) is 0 Å². The van der Waals surface area contributed by atoms with E-state index in [0.29, 0.717) is 6.04 Å². The number of amides is 1. The maximum Gasteiger partial charge on any atom is 0.312 e. The zero-order valence-electron chi connectivity index (χ0n) is 7.21. The molecule has 0 aromatic rings. The van der Waals surface area contributed by atoms with Crippen molar-refractivity contribution in [3.05, 3.63) is 0 Å². The fourth-order valence-corrected chi connectivity index (χ4v) is 1.33. The highest BCUT2D eigenvalue weighted by Crippen LogP contribution is 2.03. The lowest BCUT2D eigenvalue weighted by atomic mass is 10.2. The van der Waals surface area contributed by atoms with Gasteiger partial charge in [0.1, 0.15) is 0 Å². The zero-order chi connectivity index (χ0) is 8.27. The highest BCUT2D eigenvalue weighted by atomic mass is 16.1. The molecule has 0 aliphatic carbocycles. The Morgan fingerprint density at radius 2 is 1.73 bits per heavy atom. The minimum atomic E-state index is 0.601. The van der Waals surface area contributed by atoms with Gasteiger partial charge in [0.15, 0.2) is 0 Å². The predicted molar refractivity (Wildman–Crippen MR) is 44.0 cm³/mol. The van der Waals surface area contributed by atoms with Gasteiger partial charge in [-0.15, -0.1) is 0 Å². The molecule has 0 spiro atoms. The summed E-state index contributed by atoms with van der Waals surface area (Å²) in [5.74, 6) is 0. The van der Waals surface area contributed by atoms with Crippen LogP contribution >= 0.6 is 0 Å². The first-order valence-electron chi connectivity index (χ1n) is 4.11. The molecule has 0 aromatic heterocycles. The van der Waals surface area contributed by atoms with Crippen molar-refractivity contribution in [2.75, 3.05) is 26.2 Å². The summed E-state index contributed by atoms with van der Waals surface area (Å²) < 4.78 is 0. The van der Waals surface area contributed by atoms with Gasteiger partial charge in [-0.1, -0.05) is 0 Å². The predicted octanol–water partition coefficient (Wildman–Crippen LogP) is 0.0796. The molecule has 1 amide bonds. The molecule has 1 heterocycles. The number of hydrogen-bond acceptors (Lipinski definition) is 2. The topological polar surface area (TPSA) is 23.6 Å². The minimum absolute atomic E-state index is 0.601. The van der Waals surface area contributed by atoms with E-state index in [1.807, 2.05) is 6.41 Å². The second-order valence-corrected chi connectivity index (χ2v) is 3.21. The van der Waals surface area contributed by atoms with Crippen molar-refractivity contribution in [2.45, 2.75) is 19.9 Å². The average Bonchev–Trinajstić information content (AvgIpc) is 2.05. The smallest absolute Gasteiger partial charge is 0.312 e. The lowest BCUT2D eigenvalue weighted by molar-refractivity contribution is 0.146. The van der Waals surface area contributed by atoms with Gasteiger partial charge in [-0.3, -0.25) is 9.69 Å². The van der Waals surface area contributed by atoms with Crippen LogP contribution in [0.5, 0.6) is 0 Å². The second-order valence-electron chi connectivity index (χ2n) is 3.21. The number of piperazine rings is 1. The summed E-state index contributed by atoms with van der Waals surface area (Å²) in [5, 5.41) is 0. The Morgan fingerprint density at radius 1 is 1.18 bits per heavy atom. The molecule has 11 heavy (non-hydrogen) atoms. The monoisotopic (exact) mass is 155 g/mol.